The Bertz CT molecular complexity index is 1050. The third-order valence-electron chi connectivity index (χ3n) is 4.37. The minimum absolute atomic E-state index is 0.343. The number of aryl methyl sites for hydroxylation is 1. The molecule has 4 nitrogen and oxygen atoms in total. The number of benzene rings is 2. The van der Waals surface area contributed by atoms with Gasteiger partial charge in [0.2, 0.25) is 5.91 Å². The van der Waals surface area contributed by atoms with E-state index in [1.54, 1.807) is 18.2 Å². The van der Waals surface area contributed by atoms with Gasteiger partial charge in [0.05, 0.1) is 7.11 Å². The topological polar surface area (TPSA) is 55.4 Å². The number of carbonyl (C=O) groups is 2. The number of ether oxygens (including phenoxy) is 1. The maximum atomic E-state index is 12.4. The molecule has 0 aliphatic heterocycles. The molecule has 3 rings (SSSR count). The number of halogens is 1. The summed E-state index contributed by atoms with van der Waals surface area (Å²) in [6, 6.07) is 15.2. The number of hydrogen-bond acceptors (Lipinski definition) is 4. The van der Waals surface area contributed by atoms with E-state index in [-0.39, 0.29) is 5.91 Å². The van der Waals surface area contributed by atoms with Gasteiger partial charge in [0, 0.05) is 22.0 Å². The molecule has 0 spiro atoms. The number of thiophene rings is 1. The van der Waals surface area contributed by atoms with Crippen LogP contribution in [0.15, 0.2) is 60.0 Å². The molecule has 3 aromatic rings. The van der Waals surface area contributed by atoms with E-state index in [1.165, 1.54) is 30.1 Å². The summed E-state index contributed by atoms with van der Waals surface area (Å²) in [5.74, 6) is -0.834. The molecule has 1 amide bonds. The largest absolute Gasteiger partial charge is 0.465 e. The van der Waals surface area contributed by atoms with Crippen LogP contribution in [0.4, 0.5) is 5.00 Å². The highest BCUT2D eigenvalue weighted by Crippen LogP contribution is 2.36. The van der Waals surface area contributed by atoms with Crippen LogP contribution in [0.25, 0.3) is 17.2 Å². The standard InChI is InChI=1S/C23H20ClNO3S/c1-3-15-7-10-17(11-8-15)19-14-29-22(21(19)23(27)28-2)25-20(26)12-9-16-5-4-6-18(24)13-16/h4-14H,3H2,1-2H3,(H,25,26)/b12-9+. The summed E-state index contributed by atoms with van der Waals surface area (Å²) in [5, 5.41) is 5.68. The molecule has 0 unspecified atom stereocenters. The number of esters is 1. The minimum atomic E-state index is -0.491. The normalized spacial score (nSPS) is 10.9. The smallest absolute Gasteiger partial charge is 0.341 e. The van der Waals surface area contributed by atoms with Crippen molar-refractivity contribution in [3.8, 4) is 11.1 Å². The highest BCUT2D eigenvalue weighted by Gasteiger charge is 2.21. The van der Waals surface area contributed by atoms with E-state index in [4.69, 9.17) is 16.3 Å². The third kappa shape index (κ3) is 5.13. The van der Waals surface area contributed by atoms with Crippen LogP contribution in [0.5, 0.6) is 0 Å². The molecular weight excluding hydrogens is 406 g/mol. The van der Waals surface area contributed by atoms with Gasteiger partial charge in [-0.1, -0.05) is 54.9 Å². The zero-order valence-corrected chi connectivity index (χ0v) is 17.6. The molecule has 6 heteroatoms. The van der Waals surface area contributed by atoms with E-state index in [0.29, 0.717) is 15.6 Å². The fraction of sp³-hybridized carbons (Fsp3) is 0.130. The van der Waals surface area contributed by atoms with Crippen LogP contribution in [-0.2, 0) is 16.0 Å². The number of rotatable bonds is 6. The summed E-state index contributed by atoms with van der Waals surface area (Å²) >= 11 is 7.25. The monoisotopic (exact) mass is 425 g/mol. The summed E-state index contributed by atoms with van der Waals surface area (Å²) in [7, 11) is 1.33. The van der Waals surface area contributed by atoms with Gasteiger partial charge in [0.15, 0.2) is 0 Å². The maximum Gasteiger partial charge on any atom is 0.341 e. The van der Waals surface area contributed by atoms with Gasteiger partial charge in [-0.25, -0.2) is 4.79 Å². The lowest BCUT2D eigenvalue weighted by Crippen LogP contribution is -2.11. The highest BCUT2D eigenvalue weighted by molar-refractivity contribution is 7.15. The molecule has 2 aromatic carbocycles. The van der Waals surface area contributed by atoms with Crippen molar-refractivity contribution in [1.29, 1.82) is 0 Å². The van der Waals surface area contributed by atoms with Crippen LogP contribution in [0, 0.1) is 0 Å². The van der Waals surface area contributed by atoms with E-state index in [1.807, 2.05) is 41.8 Å². The van der Waals surface area contributed by atoms with Crippen LogP contribution in [0.3, 0.4) is 0 Å². The van der Waals surface area contributed by atoms with Crippen molar-refractivity contribution >= 4 is 45.9 Å². The van der Waals surface area contributed by atoms with Crippen LogP contribution in [0.1, 0.15) is 28.4 Å². The lowest BCUT2D eigenvalue weighted by atomic mass is 10.0. The van der Waals surface area contributed by atoms with Crippen molar-refractivity contribution in [3.63, 3.8) is 0 Å². The first-order valence-electron chi connectivity index (χ1n) is 9.05. The average molecular weight is 426 g/mol. The van der Waals surface area contributed by atoms with Gasteiger partial charge in [-0.3, -0.25) is 4.79 Å². The van der Waals surface area contributed by atoms with Gasteiger partial charge in [-0.15, -0.1) is 11.3 Å². The van der Waals surface area contributed by atoms with E-state index in [0.717, 1.165) is 23.1 Å². The fourth-order valence-electron chi connectivity index (χ4n) is 2.82. The SMILES string of the molecule is CCc1ccc(-c2csc(NC(=O)/C=C/c3cccc(Cl)c3)c2C(=O)OC)cc1. The van der Waals surface area contributed by atoms with Crippen molar-refractivity contribution in [2.24, 2.45) is 0 Å². The number of anilines is 1. The summed E-state index contributed by atoms with van der Waals surface area (Å²) in [6.07, 6.45) is 4.01. The second-order valence-electron chi connectivity index (χ2n) is 6.27. The zero-order valence-electron chi connectivity index (χ0n) is 16.1. The van der Waals surface area contributed by atoms with Gasteiger partial charge >= 0.3 is 5.97 Å². The van der Waals surface area contributed by atoms with Crippen LogP contribution < -0.4 is 5.32 Å². The van der Waals surface area contributed by atoms with Gasteiger partial charge < -0.3 is 10.1 Å². The predicted molar refractivity (Wildman–Crippen MR) is 120 cm³/mol. The Hall–Kier alpha value is -2.89. The molecule has 1 N–H and O–H groups in total. The summed E-state index contributed by atoms with van der Waals surface area (Å²) in [5.41, 5.74) is 4.01. The quantitative estimate of drug-likeness (QED) is 0.385. The molecule has 0 aliphatic carbocycles. The van der Waals surface area contributed by atoms with Gasteiger partial charge in [0.25, 0.3) is 0 Å². The highest BCUT2D eigenvalue weighted by atomic mass is 35.5. The Morgan fingerprint density at radius 1 is 1.17 bits per heavy atom. The summed E-state index contributed by atoms with van der Waals surface area (Å²) in [6.45, 7) is 2.09. The summed E-state index contributed by atoms with van der Waals surface area (Å²) < 4.78 is 4.95. The predicted octanol–water partition coefficient (Wildman–Crippen LogP) is 6.07. The molecule has 0 bridgehead atoms. The first-order chi connectivity index (χ1) is 14.0. The molecule has 0 fully saturated rings. The average Bonchev–Trinajstić information content (AvgIpc) is 3.15. The Labute approximate surface area is 178 Å². The second kappa shape index (κ2) is 9.54. The number of methoxy groups -OCH3 is 1. The molecule has 148 valence electrons. The molecule has 1 aromatic heterocycles. The number of hydrogen-bond donors (Lipinski definition) is 1. The molecule has 0 saturated carbocycles. The molecule has 0 atom stereocenters. The minimum Gasteiger partial charge on any atom is -0.465 e. The maximum absolute atomic E-state index is 12.4. The molecule has 29 heavy (non-hydrogen) atoms. The molecule has 0 radical (unpaired) electrons. The van der Waals surface area contributed by atoms with Crippen molar-refractivity contribution < 1.29 is 14.3 Å². The Morgan fingerprint density at radius 2 is 1.93 bits per heavy atom. The number of carbonyl (C=O) groups excluding carboxylic acids is 2. The van der Waals surface area contributed by atoms with Crippen LogP contribution in [-0.4, -0.2) is 19.0 Å². The zero-order chi connectivity index (χ0) is 20.8. The van der Waals surface area contributed by atoms with E-state index >= 15 is 0 Å². The van der Waals surface area contributed by atoms with Crippen molar-refractivity contribution in [3.05, 3.63) is 81.7 Å². The Balaban J connectivity index is 1.86. The van der Waals surface area contributed by atoms with Crippen molar-refractivity contribution in [1.82, 2.24) is 0 Å². The van der Waals surface area contributed by atoms with Gasteiger partial charge in [-0.2, -0.15) is 0 Å². The number of amides is 1. The van der Waals surface area contributed by atoms with E-state index in [2.05, 4.69) is 12.2 Å². The molecule has 0 aliphatic rings. The van der Waals surface area contributed by atoms with Gasteiger partial charge in [0.1, 0.15) is 10.6 Å². The summed E-state index contributed by atoms with van der Waals surface area (Å²) in [4.78, 5) is 24.8. The molecular formula is C23H20ClNO3S. The first-order valence-corrected chi connectivity index (χ1v) is 10.3. The van der Waals surface area contributed by atoms with Crippen molar-refractivity contribution in [2.45, 2.75) is 13.3 Å². The lowest BCUT2D eigenvalue weighted by molar-refractivity contribution is -0.111. The Kier molecular flexibility index (Phi) is 6.86. The Morgan fingerprint density at radius 3 is 2.59 bits per heavy atom. The molecule has 1 heterocycles. The van der Waals surface area contributed by atoms with Gasteiger partial charge in [-0.05, 0) is 41.3 Å². The molecule has 0 saturated heterocycles. The van der Waals surface area contributed by atoms with Crippen LogP contribution in [0.2, 0.25) is 5.02 Å². The van der Waals surface area contributed by atoms with Crippen LogP contribution >= 0.6 is 22.9 Å². The fourth-order valence-corrected chi connectivity index (χ4v) is 3.98. The number of nitrogens with one attached hydrogen (secondary N) is 1. The second-order valence-corrected chi connectivity index (χ2v) is 7.59. The lowest BCUT2D eigenvalue weighted by Gasteiger charge is -2.07. The first kappa shape index (κ1) is 20.8. The van der Waals surface area contributed by atoms with E-state index in [9.17, 15) is 9.59 Å². The van der Waals surface area contributed by atoms with Crippen molar-refractivity contribution in [2.75, 3.05) is 12.4 Å². The van der Waals surface area contributed by atoms with E-state index < -0.39 is 5.97 Å². The third-order valence-corrected chi connectivity index (χ3v) is 5.50.